The number of methoxy groups -OCH3 is 1. The molecule has 2 N–H and O–H groups in total. The minimum Gasteiger partial charge on any atom is -0.380 e. The maximum Gasteiger partial charge on any atom is 0.238 e. The van der Waals surface area contributed by atoms with Gasteiger partial charge in [0, 0.05) is 23.9 Å². The Morgan fingerprint density at radius 3 is 3.00 bits per heavy atom. The fraction of sp³-hybridized carbons (Fsp3) is 0.533. The van der Waals surface area contributed by atoms with Crippen LogP contribution in [0.15, 0.2) is 18.2 Å². The number of aryl methyl sites for hydroxylation is 1. The molecule has 0 aliphatic heterocycles. The lowest BCUT2D eigenvalue weighted by atomic mass is 10.2. The summed E-state index contributed by atoms with van der Waals surface area (Å²) in [6.45, 7) is 2.23. The molecule has 1 aromatic rings. The third kappa shape index (κ3) is 3.95. The van der Waals surface area contributed by atoms with E-state index in [4.69, 9.17) is 16.3 Å². The van der Waals surface area contributed by atoms with Crippen molar-refractivity contribution in [3.05, 3.63) is 28.8 Å². The lowest BCUT2D eigenvalue weighted by Gasteiger charge is -2.19. The summed E-state index contributed by atoms with van der Waals surface area (Å²) in [6.07, 6.45) is 3.48. The number of hydrogen-bond donors (Lipinski definition) is 2. The number of rotatable bonds is 5. The Bertz CT molecular complexity index is 479. The molecule has 1 aliphatic rings. The van der Waals surface area contributed by atoms with E-state index < -0.39 is 0 Å². The molecule has 5 heteroatoms. The molecule has 1 aliphatic carbocycles. The van der Waals surface area contributed by atoms with E-state index in [9.17, 15) is 4.79 Å². The van der Waals surface area contributed by atoms with Gasteiger partial charge < -0.3 is 15.4 Å². The molecule has 1 fully saturated rings. The molecule has 1 amide bonds. The number of amides is 1. The van der Waals surface area contributed by atoms with Crippen LogP contribution in [0.3, 0.4) is 0 Å². The van der Waals surface area contributed by atoms with Crippen molar-refractivity contribution in [2.24, 2.45) is 0 Å². The normalized spacial score (nSPS) is 21.9. The minimum absolute atomic E-state index is 0.0582. The summed E-state index contributed by atoms with van der Waals surface area (Å²) in [7, 11) is 1.72. The lowest BCUT2D eigenvalue weighted by Crippen LogP contribution is -2.41. The molecule has 2 unspecified atom stereocenters. The van der Waals surface area contributed by atoms with Gasteiger partial charge in [0.15, 0.2) is 0 Å². The zero-order chi connectivity index (χ0) is 14.5. The average Bonchev–Trinajstić information content (AvgIpc) is 2.88. The summed E-state index contributed by atoms with van der Waals surface area (Å²) in [5.41, 5.74) is 1.76. The topological polar surface area (TPSA) is 50.4 Å². The third-order valence-electron chi connectivity index (χ3n) is 3.75. The first-order valence-electron chi connectivity index (χ1n) is 6.92. The SMILES string of the molecule is COC1CCCC1NCC(=O)Nc1cc(Cl)ccc1C. The zero-order valence-electron chi connectivity index (χ0n) is 11.9. The van der Waals surface area contributed by atoms with Crippen LogP contribution in [0.2, 0.25) is 5.02 Å². The van der Waals surface area contributed by atoms with Crippen LogP contribution in [-0.4, -0.2) is 31.7 Å². The number of halogens is 1. The van der Waals surface area contributed by atoms with Gasteiger partial charge in [0.2, 0.25) is 5.91 Å². The second-order valence-electron chi connectivity index (χ2n) is 5.20. The summed E-state index contributed by atoms with van der Waals surface area (Å²) in [4.78, 5) is 12.0. The van der Waals surface area contributed by atoms with Gasteiger partial charge in [-0.05, 0) is 43.9 Å². The molecule has 4 nitrogen and oxygen atoms in total. The van der Waals surface area contributed by atoms with E-state index in [1.54, 1.807) is 13.2 Å². The van der Waals surface area contributed by atoms with Crippen LogP contribution >= 0.6 is 11.6 Å². The number of hydrogen-bond acceptors (Lipinski definition) is 3. The van der Waals surface area contributed by atoms with Crippen molar-refractivity contribution >= 4 is 23.2 Å². The number of ether oxygens (including phenoxy) is 1. The van der Waals surface area contributed by atoms with Crippen LogP contribution < -0.4 is 10.6 Å². The van der Waals surface area contributed by atoms with Gasteiger partial charge in [-0.3, -0.25) is 4.79 Å². The van der Waals surface area contributed by atoms with Crippen LogP contribution in [0.4, 0.5) is 5.69 Å². The second kappa shape index (κ2) is 7.07. The van der Waals surface area contributed by atoms with E-state index >= 15 is 0 Å². The maximum atomic E-state index is 12.0. The van der Waals surface area contributed by atoms with Crippen molar-refractivity contribution < 1.29 is 9.53 Å². The Hall–Kier alpha value is -1.10. The molecule has 1 aromatic carbocycles. The Labute approximate surface area is 124 Å². The van der Waals surface area contributed by atoms with E-state index in [0.717, 1.165) is 30.5 Å². The molecule has 0 aromatic heterocycles. The van der Waals surface area contributed by atoms with Gasteiger partial charge >= 0.3 is 0 Å². The first-order valence-corrected chi connectivity index (χ1v) is 7.30. The summed E-state index contributed by atoms with van der Waals surface area (Å²) in [5, 5.41) is 6.77. The predicted molar refractivity (Wildman–Crippen MR) is 81.3 cm³/mol. The molecule has 0 radical (unpaired) electrons. The first-order chi connectivity index (χ1) is 9.60. The summed E-state index contributed by atoms with van der Waals surface area (Å²) < 4.78 is 5.40. The van der Waals surface area contributed by atoms with Crippen LogP contribution in [0.1, 0.15) is 24.8 Å². The quantitative estimate of drug-likeness (QED) is 0.878. The Kier molecular flexibility index (Phi) is 5.40. The molecular weight excluding hydrogens is 276 g/mol. The Morgan fingerprint density at radius 1 is 1.45 bits per heavy atom. The van der Waals surface area contributed by atoms with E-state index in [0.29, 0.717) is 5.02 Å². The molecule has 20 heavy (non-hydrogen) atoms. The fourth-order valence-corrected chi connectivity index (χ4v) is 2.76. The maximum absolute atomic E-state index is 12.0. The van der Waals surface area contributed by atoms with Crippen molar-refractivity contribution in [1.29, 1.82) is 0 Å². The van der Waals surface area contributed by atoms with Gasteiger partial charge in [-0.1, -0.05) is 17.7 Å². The van der Waals surface area contributed by atoms with Crippen molar-refractivity contribution in [3.63, 3.8) is 0 Å². The highest BCUT2D eigenvalue weighted by molar-refractivity contribution is 6.31. The van der Waals surface area contributed by atoms with Crippen molar-refractivity contribution in [2.75, 3.05) is 19.0 Å². The van der Waals surface area contributed by atoms with E-state index in [1.165, 1.54) is 0 Å². The molecule has 110 valence electrons. The number of nitrogens with one attached hydrogen (secondary N) is 2. The molecule has 0 heterocycles. The molecule has 1 saturated carbocycles. The minimum atomic E-state index is -0.0582. The molecule has 2 rings (SSSR count). The largest absolute Gasteiger partial charge is 0.380 e. The van der Waals surface area contributed by atoms with Gasteiger partial charge in [-0.15, -0.1) is 0 Å². The molecule has 0 saturated heterocycles. The van der Waals surface area contributed by atoms with Crippen molar-refractivity contribution in [2.45, 2.75) is 38.3 Å². The zero-order valence-corrected chi connectivity index (χ0v) is 12.7. The highest BCUT2D eigenvalue weighted by atomic mass is 35.5. The number of carbonyl (C=O) groups is 1. The second-order valence-corrected chi connectivity index (χ2v) is 5.64. The first kappa shape index (κ1) is 15.3. The Morgan fingerprint density at radius 2 is 2.25 bits per heavy atom. The highest BCUT2D eigenvalue weighted by Crippen LogP contribution is 2.22. The standard InChI is InChI=1S/C15H21ClN2O2/c1-10-6-7-11(16)8-13(10)18-15(19)9-17-12-4-3-5-14(12)20-2/h6-8,12,14,17H,3-5,9H2,1-2H3,(H,18,19). The highest BCUT2D eigenvalue weighted by Gasteiger charge is 2.26. The lowest BCUT2D eigenvalue weighted by molar-refractivity contribution is -0.115. The number of benzene rings is 1. The van der Waals surface area contributed by atoms with Gasteiger partial charge in [0.05, 0.1) is 12.6 Å². The third-order valence-corrected chi connectivity index (χ3v) is 3.99. The van der Waals surface area contributed by atoms with Gasteiger partial charge in [0.25, 0.3) is 0 Å². The van der Waals surface area contributed by atoms with E-state index in [-0.39, 0.29) is 24.6 Å². The van der Waals surface area contributed by atoms with Crippen LogP contribution in [-0.2, 0) is 9.53 Å². The summed E-state index contributed by atoms with van der Waals surface area (Å²) >= 11 is 5.94. The smallest absolute Gasteiger partial charge is 0.238 e. The fourth-order valence-electron chi connectivity index (χ4n) is 2.59. The Balaban J connectivity index is 1.85. The van der Waals surface area contributed by atoms with Gasteiger partial charge in [-0.2, -0.15) is 0 Å². The van der Waals surface area contributed by atoms with Gasteiger partial charge in [0.1, 0.15) is 0 Å². The predicted octanol–water partition coefficient (Wildman–Crippen LogP) is 2.74. The molecular formula is C15H21ClN2O2. The summed E-state index contributed by atoms with van der Waals surface area (Å²) in [5.74, 6) is -0.0582. The van der Waals surface area contributed by atoms with Gasteiger partial charge in [-0.25, -0.2) is 0 Å². The average molecular weight is 297 g/mol. The van der Waals surface area contributed by atoms with Crippen molar-refractivity contribution in [3.8, 4) is 0 Å². The monoisotopic (exact) mass is 296 g/mol. The van der Waals surface area contributed by atoms with Crippen molar-refractivity contribution in [1.82, 2.24) is 5.32 Å². The van der Waals surface area contributed by atoms with Crippen LogP contribution in [0, 0.1) is 6.92 Å². The van der Waals surface area contributed by atoms with E-state index in [2.05, 4.69) is 10.6 Å². The molecule has 2 atom stereocenters. The van der Waals surface area contributed by atoms with Crippen LogP contribution in [0.5, 0.6) is 0 Å². The number of anilines is 1. The number of carbonyl (C=O) groups excluding carboxylic acids is 1. The van der Waals surface area contributed by atoms with E-state index in [1.807, 2.05) is 19.1 Å². The molecule has 0 spiro atoms. The van der Waals surface area contributed by atoms with Crippen LogP contribution in [0.25, 0.3) is 0 Å². The molecule has 0 bridgehead atoms. The summed E-state index contributed by atoms with van der Waals surface area (Å²) in [6, 6.07) is 5.74.